The lowest BCUT2D eigenvalue weighted by Crippen LogP contribution is -2.27. The van der Waals surface area contributed by atoms with Crippen LogP contribution in [0.15, 0.2) is 56.5 Å². The Morgan fingerprint density at radius 1 is 1.38 bits per heavy atom. The van der Waals surface area contributed by atoms with Crippen LogP contribution in [-0.2, 0) is 10.5 Å². The van der Waals surface area contributed by atoms with Gasteiger partial charge in [-0.05, 0) is 31.2 Å². The van der Waals surface area contributed by atoms with Crippen molar-refractivity contribution in [3.05, 3.63) is 63.6 Å². The molecule has 124 valence electrons. The summed E-state index contributed by atoms with van der Waals surface area (Å²) in [4.78, 5) is 12.2. The zero-order chi connectivity index (χ0) is 17.1. The molecule has 0 atom stereocenters. The predicted molar refractivity (Wildman–Crippen MR) is 94.8 cm³/mol. The van der Waals surface area contributed by atoms with Crippen molar-refractivity contribution in [3.8, 4) is 0 Å². The molecule has 3 aromatic rings. The fourth-order valence-electron chi connectivity index (χ4n) is 2.30. The highest BCUT2D eigenvalue weighted by Gasteiger charge is 2.22. The second-order valence-corrected chi connectivity index (χ2v) is 6.84. The van der Waals surface area contributed by atoms with Crippen LogP contribution >= 0.6 is 27.7 Å². The van der Waals surface area contributed by atoms with Gasteiger partial charge in [0.1, 0.15) is 5.58 Å². The topological polar surface area (TPSA) is 66.4 Å². The molecule has 0 saturated heterocycles. The van der Waals surface area contributed by atoms with E-state index >= 15 is 0 Å². The first kappa shape index (κ1) is 16.9. The van der Waals surface area contributed by atoms with Crippen molar-refractivity contribution in [2.75, 3.05) is 6.61 Å². The maximum absolute atomic E-state index is 12.2. The van der Waals surface area contributed by atoms with E-state index in [0.717, 1.165) is 20.2 Å². The standard InChI is InChI=1S/C17H14BrNO4S/c1-2-22-17(20)16-13(10-24-15-5-3-4-8-19(15)21)12-9-11(18)6-7-14(12)23-16/h3-9H,2,10H2,1H3. The third-order valence-corrected chi connectivity index (χ3v) is 4.90. The quantitative estimate of drug-likeness (QED) is 0.273. The van der Waals surface area contributed by atoms with Gasteiger partial charge in [-0.25, -0.2) is 4.79 Å². The highest BCUT2D eigenvalue weighted by atomic mass is 79.9. The molecule has 0 aliphatic rings. The Bertz CT molecular complexity index is 893. The zero-order valence-electron chi connectivity index (χ0n) is 12.8. The summed E-state index contributed by atoms with van der Waals surface area (Å²) in [7, 11) is 0. The number of pyridine rings is 1. The van der Waals surface area contributed by atoms with Crippen molar-refractivity contribution in [3.63, 3.8) is 0 Å². The van der Waals surface area contributed by atoms with Crippen LogP contribution in [0, 0.1) is 5.21 Å². The van der Waals surface area contributed by atoms with Gasteiger partial charge in [-0.2, -0.15) is 4.73 Å². The first-order valence-corrected chi connectivity index (χ1v) is 9.07. The molecule has 0 amide bonds. The number of fused-ring (bicyclic) bond motifs is 1. The number of rotatable bonds is 5. The number of thioether (sulfide) groups is 1. The van der Waals surface area contributed by atoms with Crippen molar-refractivity contribution < 1.29 is 18.7 Å². The first-order valence-electron chi connectivity index (χ1n) is 7.29. The number of aromatic nitrogens is 1. The number of carbonyl (C=O) groups is 1. The molecule has 0 unspecified atom stereocenters. The van der Waals surface area contributed by atoms with Crippen molar-refractivity contribution in [2.24, 2.45) is 0 Å². The lowest BCUT2D eigenvalue weighted by molar-refractivity contribution is -0.645. The molecule has 2 aromatic heterocycles. The Kier molecular flexibility index (Phi) is 5.11. The molecule has 0 fully saturated rings. The monoisotopic (exact) mass is 407 g/mol. The van der Waals surface area contributed by atoms with Crippen LogP contribution in [0.2, 0.25) is 0 Å². The minimum Gasteiger partial charge on any atom is -0.618 e. The maximum atomic E-state index is 12.2. The summed E-state index contributed by atoms with van der Waals surface area (Å²) < 4.78 is 12.5. The Morgan fingerprint density at radius 2 is 2.21 bits per heavy atom. The van der Waals surface area contributed by atoms with Crippen molar-refractivity contribution in [2.45, 2.75) is 17.7 Å². The minimum absolute atomic E-state index is 0.186. The molecular formula is C17H14BrNO4S. The van der Waals surface area contributed by atoms with Gasteiger partial charge in [0.2, 0.25) is 5.76 Å². The number of benzene rings is 1. The molecule has 0 bridgehead atoms. The van der Waals surface area contributed by atoms with Crippen LogP contribution in [0.1, 0.15) is 23.0 Å². The van der Waals surface area contributed by atoms with E-state index in [2.05, 4.69) is 15.9 Å². The lowest BCUT2D eigenvalue weighted by atomic mass is 10.1. The number of furan rings is 1. The third-order valence-electron chi connectivity index (χ3n) is 3.37. The van der Waals surface area contributed by atoms with Gasteiger partial charge in [0.15, 0.2) is 6.20 Å². The summed E-state index contributed by atoms with van der Waals surface area (Å²) in [6.07, 6.45) is 1.44. The molecule has 2 heterocycles. The Hall–Kier alpha value is -1.99. The van der Waals surface area contributed by atoms with Crippen molar-refractivity contribution >= 4 is 44.6 Å². The number of carbonyl (C=O) groups excluding carboxylic acids is 1. The second kappa shape index (κ2) is 7.27. The molecule has 0 aliphatic heterocycles. The van der Waals surface area contributed by atoms with E-state index in [1.807, 2.05) is 12.1 Å². The van der Waals surface area contributed by atoms with E-state index in [1.54, 1.807) is 31.2 Å². The van der Waals surface area contributed by atoms with Crippen LogP contribution in [0.4, 0.5) is 0 Å². The normalized spacial score (nSPS) is 10.9. The highest BCUT2D eigenvalue weighted by Crippen LogP contribution is 2.33. The summed E-state index contributed by atoms with van der Waals surface area (Å²) in [5, 5.41) is 13.2. The van der Waals surface area contributed by atoms with Crippen molar-refractivity contribution in [1.82, 2.24) is 0 Å². The second-order valence-electron chi connectivity index (χ2n) is 4.92. The van der Waals surface area contributed by atoms with Gasteiger partial charge in [0.25, 0.3) is 5.03 Å². The van der Waals surface area contributed by atoms with Crippen LogP contribution in [-0.4, -0.2) is 12.6 Å². The SMILES string of the molecule is CCOC(=O)c1oc2ccc(Br)cc2c1CSc1cccc[n+]1[O-]. The average molecular weight is 408 g/mol. The number of nitrogens with zero attached hydrogens (tertiary/aromatic N) is 1. The van der Waals surface area contributed by atoms with E-state index in [4.69, 9.17) is 9.15 Å². The van der Waals surface area contributed by atoms with Gasteiger partial charge in [-0.3, -0.25) is 0 Å². The van der Waals surface area contributed by atoms with E-state index in [9.17, 15) is 10.0 Å². The predicted octanol–water partition coefficient (Wildman–Crippen LogP) is 4.30. The minimum atomic E-state index is -0.497. The van der Waals surface area contributed by atoms with E-state index in [1.165, 1.54) is 18.0 Å². The molecular weight excluding hydrogens is 394 g/mol. The van der Waals surface area contributed by atoms with Crippen LogP contribution in [0.5, 0.6) is 0 Å². The summed E-state index contributed by atoms with van der Waals surface area (Å²) in [5.41, 5.74) is 1.33. The maximum Gasteiger partial charge on any atom is 0.374 e. The molecule has 0 N–H and O–H groups in total. The number of esters is 1. The number of ether oxygens (including phenoxy) is 1. The van der Waals surface area contributed by atoms with E-state index in [0.29, 0.717) is 16.4 Å². The molecule has 3 rings (SSSR count). The van der Waals surface area contributed by atoms with E-state index < -0.39 is 5.97 Å². The Balaban J connectivity index is 2.00. The van der Waals surface area contributed by atoms with Gasteiger partial charge in [-0.15, -0.1) is 0 Å². The molecule has 0 aliphatic carbocycles. The van der Waals surface area contributed by atoms with Crippen molar-refractivity contribution in [1.29, 1.82) is 0 Å². The number of hydrogen-bond donors (Lipinski definition) is 0. The molecule has 0 radical (unpaired) electrons. The van der Waals surface area contributed by atoms with Crippen LogP contribution < -0.4 is 4.73 Å². The fraction of sp³-hybridized carbons (Fsp3) is 0.176. The highest BCUT2D eigenvalue weighted by molar-refractivity contribution is 9.10. The van der Waals surface area contributed by atoms with Crippen LogP contribution in [0.25, 0.3) is 11.0 Å². The summed E-state index contributed by atoms with van der Waals surface area (Å²) >= 11 is 4.78. The molecule has 24 heavy (non-hydrogen) atoms. The van der Waals surface area contributed by atoms with Gasteiger partial charge in [0.05, 0.1) is 6.61 Å². The Labute approximate surface area is 151 Å². The zero-order valence-corrected chi connectivity index (χ0v) is 15.2. The average Bonchev–Trinajstić information content (AvgIpc) is 2.92. The van der Waals surface area contributed by atoms with E-state index in [-0.39, 0.29) is 12.4 Å². The molecule has 0 spiro atoms. The molecule has 5 nitrogen and oxygen atoms in total. The fourth-order valence-corrected chi connectivity index (χ4v) is 3.60. The van der Waals surface area contributed by atoms with Gasteiger partial charge in [0, 0.05) is 33.3 Å². The van der Waals surface area contributed by atoms with Gasteiger partial charge >= 0.3 is 5.97 Å². The third kappa shape index (κ3) is 3.42. The summed E-state index contributed by atoms with van der Waals surface area (Å²) in [6, 6.07) is 10.7. The van der Waals surface area contributed by atoms with Gasteiger partial charge in [-0.1, -0.05) is 27.7 Å². The smallest absolute Gasteiger partial charge is 0.374 e. The first-order chi connectivity index (χ1) is 11.6. The number of halogens is 1. The van der Waals surface area contributed by atoms with Gasteiger partial charge < -0.3 is 14.4 Å². The molecule has 1 aromatic carbocycles. The molecule has 7 heteroatoms. The Morgan fingerprint density at radius 3 is 2.96 bits per heavy atom. The summed E-state index contributed by atoms with van der Waals surface area (Å²) in [6.45, 7) is 2.02. The largest absolute Gasteiger partial charge is 0.618 e. The number of hydrogen-bond acceptors (Lipinski definition) is 5. The summed E-state index contributed by atoms with van der Waals surface area (Å²) in [5.74, 6) is 0.110. The molecule has 0 saturated carbocycles. The van der Waals surface area contributed by atoms with Crippen LogP contribution in [0.3, 0.4) is 0 Å². The lowest BCUT2D eigenvalue weighted by Gasteiger charge is -2.04.